The number of carbonyl (C=O) groups excluding carboxylic acids is 1. The molecular weight excluding hydrogens is 363 g/mol. The molecule has 0 fully saturated rings. The first kappa shape index (κ1) is 20.3. The highest BCUT2D eigenvalue weighted by Gasteiger charge is 2.34. The third-order valence-corrected chi connectivity index (χ3v) is 3.67. The van der Waals surface area contributed by atoms with Gasteiger partial charge in [-0.2, -0.15) is 13.2 Å². The van der Waals surface area contributed by atoms with Gasteiger partial charge in [-0.1, -0.05) is 18.2 Å². The Morgan fingerprint density at radius 3 is 2.52 bits per heavy atom. The molecule has 2 rings (SSSR count). The average molecular weight is 381 g/mol. The summed E-state index contributed by atoms with van der Waals surface area (Å²) in [5.41, 5.74) is -1.23. The van der Waals surface area contributed by atoms with Crippen LogP contribution in [0.25, 0.3) is 0 Å². The van der Waals surface area contributed by atoms with Crippen molar-refractivity contribution in [2.75, 3.05) is 5.32 Å². The van der Waals surface area contributed by atoms with E-state index in [2.05, 4.69) is 5.32 Å². The number of benzene rings is 2. The number of carbonyl (C=O) groups is 2. The number of hydrogen-bond donors (Lipinski definition) is 2. The molecule has 0 aliphatic carbocycles. The Kier molecular flexibility index (Phi) is 6.44. The lowest BCUT2D eigenvalue weighted by Gasteiger charge is -2.15. The second-order valence-electron chi connectivity index (χ2n) is 5.89. The Balaban J connectivity index is 2.10. The van der Waals surface area contributed by atoms with E-state index in [9.17, 15) is 22.8 Å². The largest absolute Gasteiger partial charge is 0.491 e. The van der Waals surface area contributed by atoms with Crippen LogP contribution in [0.2, 0.25) is 0 Å². The Bertz CT molecular complexity index is 821. The number of hydrogen-bond acceptors (Lipinski definition) is 3. The molecule has 2 aromatic carbocycles. The van der Waals surface area contributed by atoms with Crippen molar-refractivity contribution in [1.29, 1.82) is 0 Å². The van der Waals surface area contributed by atoms with Crippen molar-refractivity contribution >= 4 is 17.6 Å². The standard InChI is InChI=1S/C19H18F3NO4/c1-12(9-10-17(24)25)27-14-6-4-5-13(11-14)23-18(26)15-7-2-3-8-16(15)19(20,21)22/h2-8,11-12H,9-10H2,1H3,(H,23,26)(H,24,25). The van der Waals surface area contributed by atoms with Crippen molar-refractivity contribution in [3.05, 3.63) is 59.7 Å². The van der Waals surface area contributed by atoms with Crippen LogP contribution in [-0.2, 0) is 11.0 Å². The summed E-state index contributed by atoms with van der Waals surface area (Å²) in [5.74, 6) is -1.46. The first-order valence-electron chi connectivity index (χ1n) is 8.13. The summed E-state index contributed by atoms with van der Waals surface area (Å²) in [4.78, 5) is 22.9. The molecule has 1 atom stereocenters. The molecule has 0 radical (unpaired) electrons. The molecule has 8 heteroatoms. The smallest absolute Gasteiger partial charge is 0.417 e. The van der Waals surface area contributed by atoms with E-state index in [4.69, 9.17) is 9.84 Å². The number of aliphatic carboxylic acids is 1. The number of alkyl halides is 3. The van der Waals surface area contributed by atoms with Gasteiger partial charge in [0.15, 0.2) is 0 Å². The molecule has 0 saturated carbocycles. The molecule has 0 aliphatic heterocycles. The van der Waals surface area contributed by atoms with Crippen LogP contribution in [0, 0.1) is 0 Å². The third-order valence-electron chi connectivity index (χ3n) is 3.67. The maximum absolute atomic E-state index is 13.0. The van der Waals surface area contributed by atoms with Crippen LogP contribution >= 0.6 is 0 Å². The highest BCUT2D eigenvalue weighted by molar-refractivity contribution is 6.05. The summed E-state index contributed by atoms with van der Waals surface area (Å²) < 4.78 is 44.7. The zero-order valence-electron chi connectivity index (χ0n) is 14.4. The van der Waals surface area contributed by atoms with Gasteiger partial charge in [-0.15, -0.1) is 0 Å². The van der Waals surface area contributed by atoms with Crippen LogP contribution in [0.5, 0.6) is 5.75 Å². The van der Waals surface area contributed by atoms with Crippen LogP contribution in [0.1, 0.15) is 35.7 Å². The first-order valence-corrected chi connectivity index (χ1v) is 8.13. The Morgan fingerprint density at radius 2 is 1.85 bits per heavy atom. The van der Waals surface area contributed by atoms with E-state index >= 15 is 0 Å². The normalized spacial score (nSPS) is 12.3. The number of rotatable bonds is 7. The Labute approximate surface area is 153 Å². The summed E-state index contributed by atoms with van der Waals surface area (Å²) in [5, 5.41) is 11.1. The summed E-state index contributed by atoms with van der Waals surface area (Å²) in [7, 11) is 0. The number of anilines is 1. The summed E-state index contributed by atoms with van der Waals surface area (Å²) in [6, 6.07) is 10.7. The number of halogens is 3. The van der Waals surface area contributed by atoms with Gasteiger partial charge in [0.05, 0.1) is 17.2 Å². The molecule has 0 aromatic heterocycles. The van der Waals surface area contributed by atoms with Crippen molar-refractivity contribution in [1.82, 2.24) is 0 Å². The molecule has 144 valence electrons. The predicted octanol–water partition coefficient (Wildman–Crippen LogP) is 4.59. The van der Waals surface area contributed by atoms with E-state index in [1.165, 1.54) is 24.3 Å². The van der Waals surface area contributed by atoms with E-state index in [1.54, 1.807) is 19.1 Å². The topological polar surface area (TPSA) is 75.6 Å². The molecule has 0 bridgehead atoms. The van der Waals surface area contributed by atoms with Gasteiger partial charge >= 0.3 is 12.1 Å². The van der Waals surface area contributed by atoms with Crippen molar-refractivity contribution in [3.8, 4) is 5.75 Å². The highest BCUT2D eigenvalue weighted by atomic mass is 19.4. The fourth-order valence-electron chi connectivity index (χ4n) is 2.39. The monoisotopic (exact) mass is 381 g/mol. The minimum atomic E-state index is -4.64. The Morgan fingerprint density at radius 1 is 1.15 bits per heavy atom. The van der Waals surface area contributed by atoms with Crippen molar-refractivity contribution in [2.45, 2.75) is 32.0 Å². The second kappa shape index (κ2) is 8.57. The summed E-state index contributed by atoms with van der Waals surface area (Å²) >= 11 is 0. The number of nitrogens with one attached hydrogen (secondary N) is 1. The molecular formula is C19H18F3NO4. The maximum Gasteiger partial charge on any atom is 0.417 e. The minimum absolute atomic E-state index is 0.0498. The second-order valence-corrected chi connectivity index (χ2v) is 5.89. The number of carboxylic acid groups (broad SMARTS) is 1. The van der Waals surface area contributed by atoms with Crippen molar-refractivity contribution in [2.24, 2.45) is 0 Å². The quantitative estimate of drug-likeness (QED) is 0.736. The molecule has 1 amide bonds. The zero-order chi connectivity index (χ0) is 20.0. The van der Waals surface area contributed by atoms with Crippen molar-refractivity contribution < 1.29 is 32.6 Å². The van der Waals surface area contributed by atoms with Gasteiger partial charge in [0, 0.05) is 18.2 Å². The van der Waals surface area contributed by atoms with Crippen LogP contribution in [0.15, 0.2) is 48.5 Å². The zero-order valence-corrected chi connectivity index (χ0v) is 14.4. The third kappa shape index (κ3) is 6.02. The number of ether oxygens (including phenoxy) is 1. The van der Waals surface area contributed by atoms with Gasteiger partial charge < -0.3 is 15.2 Å². The molecule has 0 spiro atoms. The van der Waals surface area contributed by atoms with Crippen molar-refractivity contribution in [3.63, 3.8) is 0 Å². The fourth-order valence-corrected chi connectivity index (χ4v) is 2.39. The van der Waals surface area contributed by atoms with Gasteiger partial charge in [0.1, 0.15) is 5.75 Å². The molecule has 0 saturated heterocycles. The lowest BCUT2D eigenvalue weighted by Crippen LogP contribution is -2.18. The molecule has 2 aromatic rings. The first-order chi connectivity index (χ1) is 12.7. The van der Waals surface area contributed by atoms with E-state index in [0.717, 1.165) is 12.1 Å². The molecule has 1 unspecified atom stereocenters. The molecule has 0 heterocycles. The van der Waals surface area contributed by atoms with E-state index in [-0.39, 0.29) is 18.2 Å². The lowest BCUT2D eigenvalue weighted by atomic mass is 10.1. The van der Waals surface area contributed by atoms with Gasteiger partial charge in [0.2, 0.25) is 0 Å². The van der Waals surface area contributed by atoms with Gasteiger partial charge in [-0.3, -0.25) is 9.59 Å². The molecule has 5 nitrogen and oxygen atoms in total. The molecule has 27 heavy (non-hydrogen) atoms. The van der Waals surface area contributed by atoms with Gasteiger partial charge in [-0.05, 0) is 37.6 Å². The highest BCUT2D eigenvalue weighted by Crippen LogP contribution is 2.32. The maximum atomic E-state index is 13.0. The van der Waals surface area contributed by atoms with Crippen LogP contribution in [-0.4, -0.2) is 23.1 Å². The predicted molar refractivity (Wildman–Crippen MR) is 92.8 cm³/mol. The fraction of sp³-hybridized carbons (Fsp3) is 0.263. The number of carboxylic acids is 1. The van der Waals surface area contributed by atoms with Gasteiger partial charge in [-0.25, -0.2) is 0 Å². The Hall–Kier alpha value is -3.03. The van der Waals surface area contributed by atoms with Crippen LogP contribution < -0.4 is 10.1 Å². The van der Waals surface area contributed by atoms with E-state index < -0.39 is 29.2 Å². The lowest BCUT2D eigenvalue weighted by molar-refractivity contribution is -0.138. The number of amides is 1. The summed E-state index contributed by atoms with van der Waals surface area (Å²) in [6.07, 6.45) is -4.77. The van der Waals surface area contributed by atoms with Crippen LogP contribution in [0.3, 0.4) is 0 Å². The average Bonchev–Trinajstić information content (AvgIpc) is 2.59. The molecule has 2 N–H and O–H groups in total. The van der Waals surface area contributed by atoms with Crippen LogP contribution in [0.4, 0.5) is 18.9 Å². The SMILES string of the molecule is CC(CCC(=O)O)Oc1cccc(NC(=O)c2ccccc2C(F)(F)F)c1. The molecule has 0 aliphatic rings. The summed E-state index contributed by atoms with van der Waals surface area (Å²) in [6.45, 7) is 1.70. The minimum Gasteiger partial charge on any atom is -0.491 e. The van der Waals surface area contributed by atoms with Gasteiger partial charge in [0.25, 0.3) is 5.91 Å². The van der Waals surface area contributed by atoms with E-state index in [1.807, 2.05) is 0 Å². The van der Waals surface area contributed by atoms with E-state index in [0.29, 0.717) is 12.2 Å².